The fourth-order valence-corrected chi connectivity index (χ4v) is 1.71. The molecule has 0 aliphatic rings. The molecule has 18 heavy (non-hydrogen) atoms. The summed E-state index contributed by atoms with van der Waals surface area (Å²) in [6.45, 7) is 4.08. The number of hydrogen-bond acceptors (Lipinski definition) is 4. The van der Waals surface area contributed by atoms with Crippen LogP contribution in [0.2, 0.25) is 0 Å². The van der Waals surface area contributed by atoms with Crippen LogP contribution in [0.1, 0.15) is 18.4 Å². The van der Waals surface area contributed by atoms with Gasteiger partial charge in [0, 0.05) is 17.1 Å². The molecule has 1 aromatic carbocycles. The van der Waals surface area contributed by atoms with E-state index in [9.17, 15) is 0 Å². The summed E-state index contributed by atoms with van der Waals surface area (Å²) in [7, 11) is 0. The number of aromatic nitrogens is 1. The molecule has 0 aliphatic carbocycles. The standard InChI is InChI=1S/C13H15BrN2O2/c1-2-15-8-11-7-13(18-16-11)9-17-12-5-3-10(14)4-6-12/h3-7,15H,2,8-9H2,1H3. The van der Waals surface area contributed by atoms with Crippen molar-refractivity contribution in [2.75, 3.05) is 6.54 Å². The third-order valence-electron chi connectivity index (χ3n) is 2.36. The smallest absolute Gasteiger partial charge is 0.174 e. The number of rotatable bonds is 6. The van der Waals surface area contributed by atoms with Crippen molar-refractivity contribution in [2.45, 2.75) is 20.1 Å². The van der Waals surface area contributed by atoms with Crippen molar-refractivity contribution in [3.8, 4) is 5.75 Å². The molecule has 1 heterocycles. The highest BCUT2D eigenvalue weighted by Crippen LogP contribution is 2.17. The third kappa shape index (κ3) is 3.85. The van der Waals surface area contributed by atoms with Crippen LogP contribution < -0.4 is 10.1 Å². The van der Waals surface area contributed by atoms with E-state index in [1.807, 2.05) is 30.3 Å². The van der Waals surface area contributed by atoms with E-state index in [1.54, 1.807) is 0 Å². The van der Waals surface area contributed by atoms with Crippen molar-refractivity contribution < 1.29 is 9.26 Å². The Kier molecular flexibility index (Phi) is 4.78. The van der Waals surface area contributed by atoms with Crippen LogP contribution in [0, 0.1) is 0 Å². The second kappa shape index (κ2) is 6.56. The van der Waals surface area contributed by atoms with Crippen LogP contribution in [0.15, 0.2) is 39.3 Å². The van der Waals surface area contributed by atoms with Gasteiger partial charge in [-0.15, -0.1) is 0 Å². The predicted molar refractivity (Wildman–Crippen MR) is 72.4 cm³/mol. The first-order valence-electron chi connectivity index (χ1n) is 5.81. The van der Waals surface area contributed by atoms with Gasteiger partial charge in [0.05, 0.1) is 5.69 Å². The molecule has 0 saturated heterocycles. The van der Waals surface area contributed by atoms with Gasteiger partial charge in [-0.2, -0.15) is 0 Å². The number of nitrogens with one attached hydrogen (secondary N) is 1. The molecule has 0 radical (unpaired) electrons. The van der Waals surface area contributed by atoms with Crippen LogP contribution in [-0.4, -0.2) is 11.7 Å². The topological polar surface area (TPSA) is 47.3 Å². The molecule has 1 N–H and O–H groups in total. The van der Waals surface area contributed by atoms with Gasteiger partial charge in [0.25, 0.3) is 0 Å². The molecule has 0 bridgehead atoms. The lowest BCUT2D eigenvalue weighted by Crippen LogP contribution is -2.11. The van der Waals surface area contributed by atoms with Gasteiger partial charge in [0.15, 0.2) is 5.76 Å². The van der Waals surface area contributed by atoms with Gasteiger partial charge in [-0.25, -0.2) is 0 Å². The lowest BCUT2D eigenvalue weighted by Gasteiger charge is -2.02. The molecule has 0 spiro atoms. The molecule has 0 unspecified atom stereocenters. The van der Waals surface area contributed by atoms with E-state index in [2.05, 4.69) is 33.3 Å². The van der Waals surface area contributed by atoms with Crippen molar-refractivity contribution in [1.29, 1.82) is 0 Å². The average Bonchev–Trinajstić information content (AvgIpc) is 2.84. The summed E-state index contributed by atoms with van der Waals surface area (Å²) < 4.78 is 11.8. The highest BCUT2D eigenvalue weighted by molar-refractivity contribution is 9.10. The van der Waals surface area contributed by atoms with E-state index in [0.717, 1.165) is 34.8 Å². The van der Waals surface area contributed by atoms with Gasteiger partial charge in [0.2, 0.25) is 0 Å². The Morgan fingerprint density at radius 3 is 2.83 bits per heavy atom. The van der Waals surface area contributed by atoms with Crippen molar-refractivity contribution >= 4 is 15.9 Å². The zero-order chi connectivity index (χ0) is 12.8. The first kappa shape index (κ1) is 13.1. The Hall–Kier alpha value is -1.33. The Morgan fingerprint density at radius 1 is 1.33 bits per heavy atom. The van der Waals surface area contributed by atoms with Crippen LogP contribution in [-0.2, 0) is 13.2 Å². The van der Waals surface area contributed by atoms with Crippen molar-refractivity contribution in [3.05, 3.63) is 46.3 Å². The Bertz CT molecular complexity index is 482. The van der Waals surface area contributed by atoms with E-state index in [-0.39, 0.29) is 0 Å². The summed E-state index contributed by atoms with van der Waals surface area (Å²) in [5.41, 5.74) is 0.895. The molecule has 0 atom stereocenters. The zero-order valence-corrected chi connectivity index (χ0v) is 11.7. The minimum atomic E-state index is 0.390. The molecule has 5 heteroatoms. The minimum Gasteiger partial charge on any atom is -0.486 e. The number of ether oxygens (including phenoxy) is 1. The maximum atomic E-state index is 5.59. The molecule has 4 nitrogen and oxygen atoms in total. The number of benzene rings is 1. The van der Waals surface area contributed by atoms with Gasteiger partial charge >= 0.3 is 0 Å². The molecule has 0 fully saturated rings. The molecule has 2 rings (SSSR count). The minimum absolute atomic E-state index is 0.390. The summed E-state index contributed by atoms with van der Waals surface area (Å²) in [5.74, 6) is 1.54. The van der Waals surface area contributed by atoms with Gasteiger partial charge in [0.1, 0.15) is 12.4 Å². The van der Waals surface area contributed by atoms with E-state index in [4.69, 9.17) is 9.26 Å². The fourth-order valence-electron chi connectivity index (χ4n) is 1.45. The summed E-state index contributed by atoms with van der Waals surface area (Å²) in [6, 6.07) is 9.58. The Balaban J connectivity index is 1.86. The second-order valence-corrected chi connectivity index (χ2v) is 4.72. The number of halogens is 1. The SMILES string of the molecule is CCNCc1cc(COc2ccc(Br)cc2)on1. The number of nitrogens with zero attached hydrogens (tertiary/aromatic N) is 1. The molecule has 0 aliphatic heterocycles. The normalized spacial score (nSPS) is 10.6. The van der Waals surface area contributed by atoms with Gasteiger partial charge in [-0.3, -0.25) is 0 Å². The van der Waals surface area contributed by atoms with Crippen molar-refractivity contribution in [1.82, 2.24) is 10.5 Å². The average molecular weight is 311 g/mol. The van der Waals surface area contributed by atoms with E-state index >= 15 is 0 Å². The lowest BCUT2D eigenvalue weighted by atomic mass is 10.3. The fraction of sp³-hybridized carbons (Fsp3) is 0.308. The van der Waals surface area contributed by atoms with E-state index in [1.165, 1.54) is 0 Å². The largest absolute Gasteiger partial charge is 0.486 e. The van der Waals surface area contributed by atoms with E-state index in [0.29, 0.717) is 6.61 Å². The summed E-state index contributed by atoms with van der Waals surface area (Å²) in [5, 5.41) is 7.14. The number of hydrogen-bond donors (Lipinski definition) is 1. The highest BCUT2D eigenvalue weighted by atomic mass is 79.9. The second-order valence-electron chi connectivity index (χ2n) is 3.81. The van der Waals surface area contributed by atoms with Crippen LogP contribution in [0.3, 0.4) is 0 Å². The first-order chi connectivity index (χ1) is 8.78. The van der Waals surface area contributed by atoms with E-state index < -0.39 is 0 Å². The van der Waals surface area contributed by atoms with Crippen LogP contribution in [0.4, 0.5) is 0 Å². The zero-order valence-electron chi connectivity index (χ0n) is 10.1. The molecule has 0 saturated carbocycles. The summed E-state index contributed by atoms with van der Waals surface area (Å²) in [4.78, 5) is 0. The molecule has 2 aromatic rings. The third-order valence-corrected chi connectivity index (χ3v) is 2.89. The summed E-state index contributed by atoms with van der Waals surface area (Å²) in [6.07, 6.45) is 0. The molecular weight excluding hydrogens is 296 g/mol. The quantitative estimate of drug-likeness (QED) is 0.890. The first-order valence-corrected chi connectivity index (χ1v) is 6.61. The maximum Gasteiger partial charge on any atom is 0.174 e. The van der Waals surface area contributed by atoms with Gasteiger partial charge < -0.3 is 14.6 Å². The molecule has 1 aromatic heterocycles. The molecule has 0 amide bonds. The molecular formula is C13H15BrN2O2. The van der Waals surface area contributed by atoms with Gasteiger partial charge in [-0.05, 0) is 30.8 Å². The Morgan fingerprint density at radius 2 is 2.11 bits per heavy atom. The van der Waals surface area contributed by atoms with Crippen LogP contribution in [0.5, 0.6) is 5.75 Å². The monoisotopic (exact) mass is 310 g/mol. The Labute approximate surface area is 114 Å². The molecule has 96 valence electrons. The van der Waals surface area contributed by atoms with Crippen molar-refractivity contribution in [2.24, 2.45) is 0 Å². The van der Waals surface area contributed by atoms with Crippen LogP contribution >= 0.6 is 15.9 Å². The van der Waals surface area contributed by atoms with Crippen LogP contribution in [0.25, 0.3) is 0 Å². The highest BCUT2D eigenvalue weighted by Gasteiger charge is 2.04. The predicted octanol–water partition coefficient (Wildman–Crippen LogP) is 3.13. The summed E-state index contributed by atoms with van der Waals surface area (Å²) >= 11 is 3.38. The lowest BCUT2D eigenvalue weighted by molar-refractivity contribution is 0.248. The van der Waals surface area contributed by atoms with Gasteiger partial charge in [-0.1, -0.05) is 28.0 Å². The van der Waals surface area contributed by atoms with Crippen molar-refractivity contribution in [3.63, 3.8) is 0 Å². The maximum absolute atomic E-state index is 5.59.